The van der Waals surface area contributed by atoms with Crippen molar-refractivity contribution in [2.24, 2.45) is 0 Å². The quantitative estimate of drug-likeness (QED) is 0.868. The van der Waals surface area contributed by atoms with Gasteiger partial charge in [0.25, 0.3) is 0 Å². The van der Waals surface area contributed by atoms with E-state index in [1.807, 2.05) is 32.0 Å². The van der Waals surface area contributed by atoms with Gasteiger partial charge in [-0.05, 0) is 26.3 Å². The first-order valence-electron chi connectivity index (χ1n) is 7.28. The molecule has 0 fully saturated rings. The number of hydrogen-bond donors (Lipinski definition) is 2. The molecule has 110 valence electrons. The van der Waals surface area contributed by atoms with Gasteiger partial charge in [0.2, 0.25) is 5.91 Å². The monoisotopic (exact) mass is 276 g/mol. The van der Waals surface area contributed by atoms with Gasteiger partial charge in [-0.25, -0.2) is 0 Å². The average Bonchev–Trinajstić information content (AvgIpc) is 2.44. The summed E-state index contributed by atoms with van der Waals surface area (Å²) in [7, 11) is 0. The Hall–Kier alpha value is -1.55. The van der Waals surface area contributed by atoms with Crippen LogP contribution in [-0.2, 0) is 4.79 Å². The molecule has 1 unspecified atom stereocenters. The summed E-state index contributed by atoms with van der Waals surface area (Å²) in [6.07, 6.45) is 1.81. The maximum absolute atomic E-state index is 12.0. The number of amides is 1. The zero-order valence-corrected chi connectivity index (χ0v) is 12.5. The van der Waals surface area contributed by atoms with Crippen molar-refractivity contribution in [3.05, 3.63) is 29.8 Å². The molecular weight excluding hydrogens is 252 g/mol. The number of benzene rings is 1. The fraction of sp³-hybridized carbons (Fsp3) is 0.562. The lowest BCUT2D eigenvalue weighted by Gasteiger charge is -2.28. The minimum absolute atomic E-state index is 0.0424. The van der Waals surface area contributed by atoms with Crippen molar-refractivity contribution < 1.29 is 9.53 Å². The van der Waals surface area contributed by atoms with E-state index < -0.39 is 0 Å². The highest BCUT2D eigenvalue weighted by molar-refractivity contribution is 5.78. The Morgan fingerprint density at radius 3 is 2.90 bits per heavy atom. The van der Waals surface area contributed by atoms with Crippen LogP contribution in [0.4, 0.5) is 0 Å². The third-order valence-corrected chi connectivity index (χ3v) is 3.83. The molecule has 1 aromatic carbocycles. The maximum atomic E-state index is 12.0. The van der Waals surface area contributed by atoms with Gasteiger partial charge < -0.3 is 15.4 Å². The molecule has 0 spiro atoms. The molecule has 0 aromatic heterocycles. The van der Waals surface area contributed by atoms with Gasteiger partial charge in [0.15, 0.2) is 0 Å². The van der Waals surface area contributed by atoms with E-state index in [0.717, 1.165) is 24.2 Å². The van der Waals surface area contributed by atoms with E-state index in [1.165, 1.54) is 0 Å². The average molecular weight is 276 g/mol. The van der Waals surface area contributed by atoms with E-state index in [-0.39, 0.29) is 17.5 Å². The summed E-state index contributed by atoms with van der Waals surface area (Å²) in [5.74, 6) is 0.964. The van der Waals surface area contributed by atoms with E-state index in [1.54, 1.807) is 0 Å². The number of rotatable bonds is 5. The molecule has 1 amide bonds. The Morgan fingerprint density at radius 2 is 2.15 bits per heavy atom. The lowest BCUT2D eigenvalue weighted by Crippen LogP contribution is -2.47. The lowest BCUT2D eigenvalue weighted by molar-refractivity contribution is -0.122. The van der Waals surface area contributed by atoms with Gasteiger partial charge in [0, 0.05) is 23.6 Å². The van der Waals surface area contributed by atoms with Gasteiger partial charge in [0.1, 0.15) is 5.75 Å². The van der Waals surface area contributed by atoms with Crippen molar-refractivity contribution in [2.75, 3.05) is 13.2 Å². The van der Waals surface area contributed by atoms with Crippen LogP contribution >= 0.6 is 0 Å². The molecule has 20 heavy (non-hydrogen) atoms. The molecule has 0 saturated heterocycles. The zero-order chi connectivity index (χ0) is 14.6. The Kier molecular flexibility index (Phi) is 4.65. The second kappa shape index (κ2) is 6.27. The Bertz CT molecular complexity index is 471. The Labute approximate surface area is 120 Å². The molecule has 1 heterocycles. The first kappa shape index (κ1) is 14.9. The smallest absolute Gasteiger partial charge is 0.234 e. The minimum Gasteiger partial charge on any atom is -0.493 e. The summed E-state index contributed by atoms with van der Waals surface area (Å²) in [5, 5.41) is 6.37. The minimum atomic E-state index is -0.146. The van der Waals surface area contributed by atoms with Gasteiger partial charge in [-0.15, -0.1) is 0 Å². The predicted octanol–water partition coefficient (Wildman–Crippen LogP) is 2.40. The second-order valence-electron chi connectivity index (χ2n) is 5.89. The Balaban J connectivity index is 1.91. The predicted molar refractivity (Wildman–Crippen MR) is 79.8 cm³/mol. The van der Waals surface area contributed by atoms with E-state index in [2.05, 4.69) is 23.6 Å². The molecule has 0 saturated carbocycles. The summed E-state index contributed by atoms with van der Waals surface area (Å²) in [6.45, 7) is 7.17. The van der Waals surface area contributed by atoms with Crippen molar-refractivity contribution in [3.8, 4) is 5.75 Å². The molecule has 1 aliphatic heterocycles. The fourth-order valence-corrected chi connectivity index (χ4v) is 2.28. The van der Waals surface area contributed by atoms with Crippen LogP contribution in [0.25, 0.3) is 0 Å². The van der Waals surface area contributed by atoms with Crippen molar-refractivity contribution in [2.45, 2.75) is 45.2 Å². The molecule has 0 radical (unpaired) electrons. The van der Waals surface area contributed by atoms with Crippen molar-refractivity contribution in [3.63, 3.8) is 0 Å². The third-order valence-electron chi connectivity index (χ3n) is 3.83. The van der Waals surface area contributed by atoms with Gasteiger partial charge in [-0.3, -0.25) is 4.79 Å². The number of para-hydroxylation sites is 1. The second-order valence-corrected chi connectivity index (χ2v) is 5.89. The SMILES string of the molecule is CCC(C)(C)NC(=O)CNC1CCOc2ccccc21. The molecule has 4 nitrogen and oxygen atoms in total. The van der Waals surface area contributed by atoms with Crippen LogP contribution in [0.2, 0.25) is 0 Å². The van der Waals surface area contributed by atoms with Gasteiger partial charge in [-0.2, -0.15) is 0 Å². The van der Waals surface area contributed by atoms with Crippen LogP contribution in [0, 0.1) is 0 Å². The van der Waals surface area contributed by atoms with E-state index >= 15 is 0 Å². The van der Waals surface area contributed by atoms with Crippen molar-refractivity contribution in [1.82, 2.24) is 10.6 Å². The highest BCUT2D eigenvalue weighted by atomic mass is 16.5. The highest BCUT2D eigenvalue weighted by Crippen LogP contribution is 2.31. The summed E-state index contributed by atoms with van der Waals surface area (Å²) in [4.78, 5) is 12.0. The largest absolute Gasteiger partial charge is 0.493 e. The number of carbonyl (C=O) groups is 1. The number of hydrogen-bond acceptors (Lipinski definition) is 3. The molecule has 1 aromatic rings. The summed E-state index contributed by atoms with van der Waals surface area (Å²) >= 11 is 0. The highest BCUT2D eigenvalue weighted by Gasteiger charge is 2.22. The van der Waals surface area contributed by atoms with Crippen LogP contribution in [0.1, 0.15) is 45.2 Å². The van der Waals surface area contributed by atoms with Crippen LogP contribution in [0.5, 0.6) is 5.75 Å². The van der Waals surface area contributed by atoms with Gasteiger partial charge >= 0.3 is 0 Å². The third kappa shape index (κ3) is 3.73. The van der Waals surface area contributed by atoms with Gasteiger partial charge in [-0.1, -0.05) is 25.1 Å². The Morgan fingerprint density at radius 1 is 1.40 bits per heavy atom. The van der Waals surface area contributed by atoms with E-state index in [9.17, 15) is 4.79 Å². The van der Waals surface area contributed by atoms with Crippen molar-refractivity contribution >= 4 is 5.91 Å². The normalized spacial score (nSPS) is 18.1. The van der Waals surface area contributed by atoms with Crippen molar-refractivity contribution in [1.29, 1.82) is 0 Å². The van der Waals surface area contributed by atoms with E-state index in [4.69, 9.17) is 4.74 Å². The van der Waals surface area contributed by atoms with Crippen LogP contribution in [-0.4, -0.2) is 24.6 Å². The molecular formula is C16H24N2O2. The molecule has 1 atom stereocenters. The number of ether oxygens (including phenoxy) is 1. The molecule has 4 heteroatoms. The molecule has 2 N–H and O–H groups in total. The van der Waals surface area contributed by atoms with Gasteiger partial charge in [0.05, 0.1) is 13.2 Å². The van der Waals surface area contributed by atoms with Crippen LogP contribution < -0.4 is 15.4 Å². The van der Waals surface area contributed by atoms with Crippen LogP contribution in [0.3, 0.4) is 0 Å². The molecule has 0 aliphatic carbocycles. The molecule has 0 bridgehead atoms. The number of carbonyl (C=O) groups excluding carboxylic acids is 1. The molecule has 1 aliphatic rings. The zero-order valence-electron chi connectivity index (χ0n) is 12.5. The van der Waals surface area contributed by atoms with E-state index in [0.29, 0.717) is 13.2 Å². The summed E-state index contributed by atoms with van der Waals surface area (Å²) in [5.41, 5.74) is 0.994. The number of fused-ring (bicyclic) bond motifs is 1. The van der Waals surface area contributed by atoms with Crippen LogP contribution in [0.15, 0.2) is 24.3 Å². The first-order chi connectivity index (χ1) is 9.52. The first-order valence-corrected chi connectivity index (χ1v) is 7.28. The molecule has 2 rings (SSSR count). The fourth-order valence-electron chi connectivity index (χ4n) is 2.28. The standard InChI is InChI=1S/C16H24N2O2/c1-4-16(2,3)18-15(19)11-17-13-9-10-20-14-8-6-5-7-12(13)14/h5-8,13,17H,4,9-11H2,1-3H3,(H,18,19). The summed E-state index contributed by atoms with van der Waals surface area (Å²) < 4.78 is 5.62. The summed E-state index contributed by atoms with van der Waals surface area (Å²) in [6, 6.07) is 8.19. The topological polar surface area (TPSA) is 50.4 Å². The maximum Gasteiger partial charge on any atom is 0.234 e. The lowest BCUT2D eigenvalue weighted by atomic mass is 10.0. The number of nitrogens with one attached hydrogen (secondary N) is 2.